The zero-order chi connectivity index (χ0) is 9.10. The second kappa shape index (κ2) is 3.97. The molecule has 2 nitrogen and oxygen atoms in total. The summed E-state index contributed by atoms with van der Waals surface area (Å²) in [6.07, 6.45) is 7.35. The summed E-state index contributed by atoms with van der Waals surface area (Å²) in [6.45, 7) is 0.837. The van der Waals surface area contributed by atoms with E-state index in [2.05, 4.69) is 17.1 Å². The molecule has 0 amide bonds. The Bertz CT molecular complexity index is 241. The SMILES string of the molecule is NCC1CCCCC1c1ccc[nH]1. The summed E-state index contributed by atoms with van der Waals surface area (Å²) in [7, 11) is 0. The van der Waals surface area contributed by atoms with Gasteiger partial charge in [-0.15, -0.1) is 0 Å². The predicted octanol–water partition coefficient (Wildman–Crippen LogP) is 2.25. The van der Waals surface area contributed by atoms with Gasteiger partial charge < -0.3 is 10.7 Å². The molecule has 0 saturated heterocycles. The molecular formula is C11H18N2. The van der Waals surface area contributed by atoms with Crippen LogP contribution < -0.4 is 5.73 Å². The lowest BCUT2D eigenvalue weighted by Crippen LogP contribution is -2.25. The molecule has 0 radical (unpaired) electrons. The summed E-state index contributed by atoms with van der Waals surface area (Å²) in [5.74, 6) is 1.39. The third-order valence-electron chi connectivity index (χ3n) is 3.23. The fraction of sp³-hybridized carbons (Fsp3) is 0.636. The number of H-pyrrole nitrogens is 1. The van der Waals surface area contributed by atoms with Gasteiger partial charge in [0.1, 0.15) is 0 Å². The molecule has 2 rings (SSSR count). The van der Waals surface area contributed by atoms with Crippen molar-refractivity contribution in [1.29, 1.82) is 0 Å². The lowest BCUT2D eigenvalue weighted by atomic mass is 9.77. The maximum absolute atomic E-state index is 5.79. The van der Waals surface area contributed by atoms with Crippen LogP contribution in [-0.4, -0.2) is 11.5 Å². The number of hydrogen-bond donors (Lipinski definition) is 2. The zero-order valence-corrected chi connectivity index (χ0v) is 8.00. The molecule has 1 fully saturated rings. The smallest absolute Gasteiger partial charge is 0.0181 e. The summed E-state index contributed by atoms with van der Waals surface area (Å²) in [5.41, 5.74) is 7.17. The summed E-state index contributed by atoms with van der Waals surface area (Å²) >= 11 is 0. The minimum Gasteiger partial charge on any atom is -0.365 e. The summed E-state index contributed by atoms with van der Waals surface area (Å²) < 4.78 is 0. The fourth-order valence-electron chi connectivity index (χ4n) is 2.47. The molecule has 1 heterocycles. The number of nitrogens with one attached hydrogen (secondary N) is 1. The lowest BCUT2D eigenvalue weighted by Gasteiger charge is -2.29. The van der Waals surface area contributed by atoms with Gasteiger partial charge in [-0.05, 0) is 37.4 Å². The molecule has 1 aliphatic carbocycles. The Labute approximate surface area is 79.5 Å². The molecule has 1 aromatic heterocycles. The Morgan fingerprint density at radius 3 is 2.92 bits per heavy atom. The third kappa shape index (κ3) is 1.78. The van der Waals surface area contributed by atoms with Crippen molar-refractivity contribution in [2.24, 2.45) is 11.7 Å². The van der Waals surface area contributed by atoms with Crippen molar-refractivity contribution < 1.29 is 0 Å². The Morgan fingerprint density at radius 1 is 1.38 bits per heavy atom. The molecule has 0 bridgehead atoms. The van der Waals surface area contributed by atoms with Gasteiger partial charge in [-0.25, -0.2) is 0 Å². The minimum absolute atomic E-state index is 0.689. The van der Waals surface area contributed by atoms with Crippen LogP contribution in [0.15, 0.2) is 18.3 Å². The van der Waals surface area contributed by atoms with Crippen molar-refractivity contribution in [1.82, 2.24) is 4.98 Å². The van der Waals surface area contributed by atoms with Gasteiger partial charge in [0.25, 0.3) is 0 Å². The zero-order valence-electron chi connectivity index (χ0n) is 8.00. The molecule has 13 heavy (non-hydrogen) atoms. The Balaban J connectivity index is 2.11. The first-order chi connectivity index (χ1) is 6.42. The van der Waals surface area contributed by atoms with Crippen LogP contribution in [0.5, 0.6) is 0 Å². The number of aromatic nitrogens is 1. The average molecular weight is 178 g/mol. The lowest BCUT2D eigenvalue weighted by molar-refractivity contribution is 0.310. The van der Waals surface area contributed by atoms with Crippen molar-refractivity contribution >= 4 is 0 Å². The Hall–Kier alpha value is -0.760. The second-order valence-corrected chi connectivity index (χ2v) is 4.01. The average Bonchev–Trinajstić information content (AvgIpc) is 2.70. The van der Waals surface area contributed by atoms with Crippen LogP contribution in [0.3, 0.4) is 0 Å². The van der Waals surface area contributed by atoms with Crippen LogP contribution in [0.4, 0.5) is 0 Å². The van der Waals surface area contributed by atoms with Crippen LogP contribution in [0.1, 0.15) is 37.3 Å². The van der Waals surface area contributed by atoms with E-state index in [9.17, 15) is 0 Å². The maximum Gasteiger partial charge on any atom is 0.0181 e. The van der Waals surface area contributed by atoms with Gasteiger partial charge in [0.15, 0.2) is 0 Å². The molecule has 1 aromatic rings. The van der Waals surface area contributed by atoms with Gasteiger partial charge >= 0.3 is 0 Å². The highest BCUT2D eigenvalue weighted by molar-refractivity contribution is 5.12. The number of aromatic amines is 1. The highest BCUT2D eigenvalue weighted by Crippen LogP contribution is 2.36. The molecule has 2 atom stereocenters. The highest BCUT2D eigenvalue weighted by Gasteiger charge is 2.25. The van der Waals surface area contributed by atoms with E-state index in [4.69, 9.17) is 5.73 Å². The summed E-state index contributed by atoms with van der Waals surface area (Å²) in [4.78, 5) is 3.32. The Morgan fingerprint density at radius 2 is 2.23 bits per heavy atom. The van der Waals surface area contributed by atoms with Crippen LogP contribution >= 0.6 is 0 Å². The standard InChI is InChI=1S/C11H18N2/c12-8-9-4-1-2-5-10(9)11-6-3-7-13-11/h3,6-7,9-10,13H,1-2,4-5,8,12H2. The topological polar surface area (TPSA) is 41.8 Å². The third-order valence-corrected chi connectivity index (χ3v) is 3.23. The van der Waals surface area contributed by atoms with Crippen molar-refractivity contribution in [3.05, 3.63) is 24.0 Å². The van der Waals surface area contributed by atoms with Crippen LogP contribution in [0, 0.1) is 5.92 Å². The van der Waals surface area contributed by atoms with Gasteiger partial charge in [0.2, 0.25) is 0 Å². The molecule has 3 N–H and O–H groups in total. The Kier molecular flexibility index (Phi) is 2.69. The van der Waals surface area contributed by atoms with Crippen molar-refractivity contribution in [2.75, 3.05) is 6.54 Å². The van der Waals surface area contributed by atoms with Gasteiger partial charge in [-0.1, -0.05) is 12.8 Å². The van der Waals surface area contributed by atoms with E-state index in [-0.39, 0.29) is 0 Å². The highest BCUT2D eigenvalue weighted by atomic mass is 14.7. The normalized spacial score (nSPS) is 29.0. The number of rotatable bonds is 2. The first kappa shape index (κ1) is 8.82. The van der Waals surface area contributed by atoms with Gasteiger partial charge in [0.05, 0.1) is 0 Å². The quantitative estimate of drug-likeness (QED) is 0.716. The first-order valence-electron chi connectivity index (χ1n) is 5.25. The largest absolute Gasteiger partial charge is 0.365 e. The molecule has 2 unspecified atom stereocenters. The van der Waals surface area contributed by atoms with Gasteiger partial charge in [-0.3, -0.25) is 0 Å². The molecule has 0 aromatic carbocycles. The van der Waals surface area contributed by atoms with Crippen LogP contribution in [-0.2, 0) is 0 Å². The van der Waals surface area contributed by atoms with E-state index < -0.39 is 0 Å². The molecule has 0 aliphatic heterocycles. The molecule has 72 valence electrons. The maximum atomic E-state index is 5.79. The van der Waals surface area contributed by atoms with E-state index in [0.29, 0.717) is 11.8 Å². The van der Waals surface area contributed by atoms with Crippen LogP contribution in [0.25, 0.3) is 0 Å². The second-order valence-electron chi connectivity index (χ2n) is 4.01. The van der Waals surface area contributed by atoms with E-state index in [0.717, 1.165) is 6.54 Å². The van der Waals surface area contributed by atoms with Crippen molar-refractivity contribution in [2.45, 2.75) is 31.6 Å². The monoisotopic (exact) mass is 178 g/mol. The van der Waals surface area contributed by atoms with Crippen molar-refractivity contribution in [3.63, 3.8) is 0 Å². The first-order valence-corrected chi connectivity index (χ1v) is 5.25. The van der Waals surface area contributed by atoms with E-state index in [1.165, 1.54) is 31.4 Å². The van der Waals surface area contributed by atoms with E-state index >= 15 is 0 Å². The number of nitrogens with two attached hydrogens (primary N) is 1. The molecular weight excluding hydrogens is 160 g/mol. The summed E-state index contributed by atoms with van der Waals surface area (Å²) in [6, 6.07) is 4.27. The van der Waals surface area contributed by atoms with Gasteiger partial charge in [-0.2, -0.15) is 0 Å². The van der Waals surface area contributed by atoms with E-state index in [1.807, 2.05) is 6.20 Å². The molecule has 2 heteroatoms. The van der Waals surface area contributed by atoms with Crippen molar-refractivity contribution in [3.8, 4) is 0 Å². The fourth-order valence-corrected chi connectivity index (χ4v) is 2.47. The minimum atomic E-state index is 0.689. The van der Waals surface area contributed by atoms with Gasteiger partial charge in [0, 0.05) is 17.8 Å². The summed E-state index contributed by atoms with van der Waals surface area (Å²) in [5, 5.41) is 0. The van der Waals surface area contributed by atoms with E-state index in [1.54, 1.807) is 0 Å². The predicted molar refractivity (Wildman–Crippen MR) is 54.5 cm³/mol. The number of hydrogen-bond acceptors (Lipinski definition) is 1. The molecule has 1 saturated carbocycles. The van der Waals surface area contributed by atoms with Crippen LogP contribution in [0.2, 0.25) is 0 Å². The molecule has 0 spiro atoms. The molecule has 1 aliphatic rings.